The lowest BCUT2D eigenvalue weighted by atomic mass is 9.94. The zero-order valence-corrected chi connectivity index (χ0v) is 22.6. The van der Waals surface area contributed by atoms with Crippen molar-refractivity contribution in [3.8, 4) is 5.75 Å². The van der Waals surface area contributed by atoms with Crippen molar-refractivity contribution in [3.63, 3.8) is 0 Å². The quantitative estimate of drug-likeness (QED) is 0.438. The highest BCUT2D eigenvalue weighted by Gasteiger charge is 2.39. The summed E-state index contributed by atoms with van der Waals surface area (Å²) in [7, 11) is -3.01. The summed E-state index contributed by atoms with van der Waals surface area (Å²) in [5, 5.41) is 14.9. The van der Waals surface area contributed by atoms with E-state index in [0.29, 0.717) is 50.2 Å². The summed E-state index contributed by atoms with van der Waals surface area (Å²) in [6, 6.07) is 7.53. The van der Waals surface area contributed by atoms with Gasteiger partial charge in [-0.25, -0.2) is 22.8 Å². The molecule has 5 rings (SSSR count). The van der Waals surface area contributed by atoms with Gasteiger partial charge in [-0.3, -0.25) is 0 Å². The smallest absolute Gasteiger partial charge is 0.227 e. The first-order chi connectivity index (χ1) is 18.0. The fourth-order valence-corrected chi connectivity index (χ4v) is 6.20. The molecule has 2 saturated heterocycles. The van der Waals surface area contributed by atoms with Crippen molar-refractivity contribution in [1.29, 1.82) is 0 Å². The SMILES string of the molecule is CCOc1ccc(N2CC(CS(C)(=O)=O)C2)c2cnc(Nc3ccnc(N4CC[C@@H](O)[C@@](C)(F)C4)n3)cc12. The highest BCUT2D eigenvalue weighted by Crippen LogP contribution is 2.38. The standard InChI is InChI=1S/C26H33FN6O4S/c1-4-37-21-6-5-20(33-13-17(14-33)15-38(3,35)36)19-12-29-24(11-18(19)21)30-23-7-9-28-25(31-23)32-10-8-22(34)26(2,27)16-32/h5-7,9,11-12,17,22,34H,4,8,10,13-16H2,1-3H3,(H,28,29,30,31)/t22-,26+/m1/s1. The van der Waals surface area contributed by atoms with E-state index in [1.54, 1.807) is 23.4 Å². The second kappa shape index (κ2) is 10.1. The van der Waals surface area contributed by atoms with E-state index in [9.17, 15) is 17.9 Å². The molecule has 0 radical (unpaired) electrons. The van der Waals surface area contributed by atoms with Gasteiger partial charge in [-0.1, -0.05) is 0 Å². The lowest BCUT2D eigenvalue weighted by Crippen LogP contribution is -2.52. The number of anilines is 4. The van der Waals surface area contributed by atoms with Gasteiger partial charge in [0.2, 0.25) is 5.95 Å². The summed E-state index contributed by atoms with van der Waals surface area (Å²) in [5.41, 5.74) is -0.752. The molecule has 0 amide bonds. The van der Waals surface area contributed by atoms with Crippen LogP contribution in [-0.2, 0) is 9.84 Å². The number of rotatable bonds is 8. The zero-order valence-electron chi connectivity index (χ0n) is 21.8. The Hall–Kier alpha value is -3.25. The van der Waals surface area contributed by atoms with Gasteiger partial charge in [-0.05, 0) is 44.5 Å². The Kier molecular flexibility index (Phi) is 7.03. The largest absolute Gasteiger partial charge is 0.493 e. The highest BCUT2D eigenvalue weighted by molar-refractivity contribution is 7.90. The van der Waals surface area contributed by atoms with Gasteiger partial charge in [-0.2, -0.15) is 4.98 Å². The third-order valence-corrected chi connectivity index (χ3v) is 8.10. The number of aliphatic hydroxyl groups is 1. The molecule has 2 N–H and O–H groups in total. The number of hydrogen-bond acceptors (Lipinski definition) is 10. The monoisotopic (exact) mass is 544 g/mol. The third-order valence-electron chi connectivity index (χ3n) is 7.02. The minimum Gasteiger partial charge on any atom is -0.493 e. The van der Waals surface area contributed by atoms with E-state index in [2.05, 4.69) is 25.2 Å². The summed E-state index contributed by atoms with van der Waals surface area (Å²) in [4.78, 5) is 17.3. The molecule has 204 valence electrons. The second-order valence-corrected chi connectivity index (χ2v) is 12.6. The number of aliphatic hydroxyl groups excluding tert-OH is 1. The molecule has 0 bridgehead atoms. The molecule has 0 spiro atoms. The van der Waals surface area contributed by atoms with Gasteiger partial charge in [-0.15, -0.1) is 0 Å². The fourth-order valence-electron chi connectivity index (χ4n) is 5.13. The molecule has 2 atom stereocenters. The van der Waals surface area contributed by atoms with Crippen molar-refractivity contribution in [2.24, 2.45) is 5.92 Å². The summed E-state index contributed by atoms with van der Waals surface area (Å²) in [6.07, 6.45) is 3.95. The number of fused-ring (bicyclic) bond motifs is 1. The number of nitrogens with one attached hydrogen (secondary N) is 1. The van der Waals surface area contributed by atoms with Crippen LogP contribution in [0.4, 0.5) is 27.7 Å². The Bertz CT molecular complexity index is 1430. The molecular formula is C26H33FN6O4S. The predicted molar refractivity (Wildman–Crippen MR) is 146 cm³/mol. The van der Waals surface area contributed by atoms with Crippen molar-refractivity contribution in [1.82, 2.24) is 15.0 Å². The van der Waals surface area contributed by atoms with Crippen LogP contribution in [0.15, 0.2) is 36.7 Å². The number of aromatic nitrogens is 3. The zero-order chi connectivity index (χ0) is 27.1. The van der Waals surface area contributed by atoms with Crippen LogP contribution in [0.2, 0.25) is 0 Å². The Morgan fingerprint density at radius 2 is 1.97 bits per heavy atom. The molecule has 0 unspecified atom stereocenters. The van der Waals surface area contributed by atoms with E-state index >= 15 is 0 Å². The lowest BCUT2D eigenvalue weighted by Gasteiger charge is -2.41. The van der Waals surface area contributed by atoms with Crippen LogP contribution in [0.3, 0.4) is 0 Å². The van der Waals surface area contributed by atoms with Crippen molar-refractivity contribution < 1.29 is 22.7 Å². The molecule has 38 heavy (non-hydrogen) atoms. The van der Waals surface area contributed by atoms with E-state index in [4.69, 9.17) is 4.74 Å². The fraction of sp³-hybridized carbons (Fsp3) is 0.500. The number of piperidine rings is 1. The molecule has 10 nitrogen and oxygen atoms in total. The number of alkyl halides is 1. The first-order valence-electron chi connectivity index (χ1n) is 12.7. The molecule has 12 heteroatoms. The number of benzene rings is 1. The van der Waals surface area contributed by atoms with Gasteiger partial charge in [0, 0.05) is 60.7 Å². The third kappa shape index (κ3) is 5.60. The first kappa shape index (κ1) is 26.4. The van der Waals surface area contributed by atoms with Gasteiger partial charge in [0.15, 0.2) is 5.67 Å². The minimum absolute atomic E-state index is 0.00782. The van der Waals surface area contributed by atoms with E-state index in [1.165, 1.54) is 13.2 Å². The summed E-state index contributed by atoms with van der Waals surface area (Å²) < 4.78 is 43.9. The Morgan fingerprint density at radius 1 is 1.18 bits per heavy atom. The van der Waals surface area contributed by atoms with E-state index < -0.39 is 21.6 Å². The van der Waals surface area contributed by atoms with Gasteiger partial charge in [0.25, 0.3) is 0 Å². The molecule has 3 aromatic rings. The summed E-state index contributed by atoms with van der Waals surface area (Å²) in [5.74, 6) is 2.48. The predicted octanol–water partition coefficient (Wildman–Crippen LogP) is 2.95. The number of sulfone groups is 1. The van der Waals surface area contributed by atoms with Gasteiger partial charge >= 0.3 is 0 Å². The Labute approximate surface area is 221 Å². The van der Waals surface area contributed by atoms with Crippen molar-refractivity contribution in [2.45, 2.75) is 32.0 Å². The van der Waals surface area contributed by atoms with Crippen LogP contribution in [0.5, 0.6) is 5.75 Å². The van der Waals surface area contributed by atoms with Crippen LogP contribution in [0.25, 0.3) is 10.8 Å². The van der Waals surface area contributed by atoms with Crippen LogP contribution in [0, 0.1) is 5.92 Å². The highest BCUT2D eigenvalue weighted by atomic mass is 32.2. The van der Waals surface area contributed by atoms with E-state index in [0.717, 1.165) is 22.2 Å². The van der Waals surface area contributed by atoms with Gasteiger partial charge < -0.3 is 25.0 Å². The maximum Gasteiger partial charge on any atom is 0.227 e. The molecule has 0 aliphatic carbocycles. The number of pyridine rings is 1. The average molecular weight is 545 g/mol. The molecule has 0 saturated carbocycles. The summed E-state index contributed by atoms with van der Waals surface area (Å²) >= 11 is 0. The van der Waals surface area contributed by atoms with Crippen LogP contribution in [0.1, 0.15) is 20.3 Å². The number of ether oxygens (including phenoxy) is 1. The van der Waals surface area contributed by atoms with Gasteiger partial charge in [0.05, 0.1) is 25.0 Å². The molecule has 2 aliphatic rings. The minimum atomic E-state index is -3.01. The van der Waals surface area contributed by atoms with E-state index in [-0.39, 0.29) is 18.2 Å². The normalized spacial score (nSPS) is 22.4. The molecule has 4 heterocycles. The molecule has 2 aliphatic heterocycles. The van der Waals surface area contributed by atoms with Crippen molar-refractivity contribution in [3.05, 3.63) is 36.7 Å². The first-order valence-corrected chi connectivity index (χ1v) is 14.8. The maximum absolute atomic E-state index is 14.7. The van der Waals surface area contributed by atoms with Crippen molar-refractivity contribution >= 4 is 43.9 Å². The van der Waals surface area contributed by atoms with Crippen molar-refractivity contribution in [2.75, 3.05) is 59.9 Å². The average Bonchev–Trinajstić information content (AvgIpc) is 2.83. The second-order valence-electron chi connectivity index (χ2n) is 10.4. The molecule has 2 fully saturated rings. The molecular weight excluding hydrogens is 511 g/mol. The molecule has 1 aromatic carbocycles. The van der Waals surface area contributed by atoms with Crippen LogP contribution >= 0.6 is 0 Å². The Morgan fingerprint density at radius 3 is 2.68 bits per heavy atom. The van der Waals surface area contributed by atoms with E-state index in [1.807, 2.05) is 25.1 Å². The molecule has 2 aromatic heterocycles. The van der Waals surface area contributed by atoms with Crippen LogP contribution < -0.4 is 19.9 Å². The Balaban J connectivity index is 1.38. The summed E-state index contributed by atoms with van der Waals surface area (Å²) in [6.45, 7) is 5.63. The van der Waals surface area contributed by atoms with Gasteiger partial charge in [0.1, 0.15) is 27.2 Å². The number of nitrogens with zero attached hydrogens (tertiary/aromatic N) is 5. The van der Waals surface area contributed by atoms with Crippen LogP contribution in [-0.4, -0.2) is 85.0 Å². The lowest BCUT2D eigenvalue weighted by molar-refractivity contribution is -0.00860. The maximum atomic E-state index is 14.7. The number of halogens is 1. The number of hydrogen-bond donors (Lipinski definition) is 2. The topological polar surface area (TPSA) is 121 Å².